The summed E-state index contributed by atoms with van der Waals surface area (Å²) in [5.74, 6) is 0. The van der Waals surface area contributed by atoms with E-state index in [2.05, 4.69) is 11.6 Å². The van der Waals surface area contributed by atoms with E-state index in [0.717, 1.165) is 5.56 Å². The Balaban J connectivity index is 0.000000336. The van der Waals surface area contributed by atoms with Crippen molar-refractivity contribution in [2.24, 2.45) is 0 Å². The summed E-state index contributed by atoms with van der Waals surface area (Å²) in [7, 11) is -6.00. The van der Waals surface area contributed by atoms with Crippen LogP contribution in [0.2, 0.25) is 0 Å². The molecule has 0 bridgehead atoms. The molecule has 0 aliphatic heterocycles. The van der Waals surface area contributed by atoms with Gasteiger partial charge in [0.15, 0.2) is 4.98 Å². The van der Waals surface area contributed by atoms with Crippen LogP contribution in [0.4, 0.5) is 23.0 Å². The Morgan fingerprint density at radius 1 is 1.13 bits per heavy atom. The molecule has 0 fully saturated rings. The molecule has 15 heavy (non-hydrogen) atoms. The van der Waals surface area contributed by atoms with Gasteiger partial charge in [-0.15, -0.1) is 0 Å². The molecule has 0 unspecified atom stereocenters. The predicted octanol–water partition coefficient (Wildman–Crippen LogP) is 4.11. The van der Waals surface area contributed by atoms with Gasteiger partial charge in [-0.1, -0.05) is 12.7 Å². The van der Waals surface area contributed by atoms with Gasteiger partial charge in [-0.25, -0.2) is 0 Å². The lowest BCUT2D eigenvalue weighted by Crippen LogP contribution is -2.02. The van der Waals surface area contributed by atoms with Gasteiger partial charge in [0.25, 0.3) is 0 Å². The highest BCUT2D eigenvalue weighted by molar-refractivity contribution is 6.50. The summed E-state index contributed by atoms with van der Waals surface area (Å²) in [6.07, 6.45) is 1.74. The zero-order chi connectivity index (χ0) is 11.9. The van der Waals surface area contributed by atoms with E-state index in [4.69, 9.17) is 5.39 Å². The van der Waals surface area contributed by atoms with E-state index in [1.54, 1.807) is 18.2 Å². The standard InChI is InChI=1S/C8H7N2.BF4/c1-2-7-3-5-8(10-9)6-4-7;2-1(3,4)5/h2-6H,1H2;/q+1;-1. The van der Waals surface area contributed by atoms with Gasteiger partial charge in [-0.3, -0.25) is 0 Å². The Morgan fingerprint density at radius 3 is 1.80 bits per heavy atom. The molecule has 0 aliphatic rings. The van der Waals surface area contributed by atoms with E-state index in [1.807, 2.05) is 12.1 Å². The van der Waals surface area contributed by atoms with E-state index >= 15 is 0 Å². The van der Waals surface area contributed by atoms with Crippen molar-refractivity contribution >= 4 is 19.0 Å². The van der Waals surface area contributed by atoms with E-state index in [-0.39, 0.29) is 0 Å². The molecule has 0 N–H and O–H groups in total. The Morgan fingerprint density at radius 2 is 1.53 bits per heavy atom. The average molecular weight is 218 g/mol. The second kappa shape index (κ2) is 5.80. The summed E-state index contributed by atoms with van der Waals surface area (Å²) in [5.41, 5.74) is 1.58. The highest BCUT2D eigenvalue weighted by Gasteiger charge is 2.20. The fraction of sp³-hybridized carbons (Fsp3) is 0. The normalized spacial score (nSPS) is 9.53. The molecule has 1 aromatic rings. The predicted molar refractivity (Wildman–Crippen MR) is 51.5 cm³/mol. The van der Waals surface area contributed by atoms with Gasteiger partial charge >= 0.3 is 12.9 Å². The minimum atomic E-state index is -6.00. The molecule has 0 atom stereocenters. The maximum absolute atomic E-state index is 9.75. The smallest absolute Gasteiger partial charge is 0.418 e. The minimum Gasteiger partial charge on any atom is -0.418 e. The first kappa shape index (κ1) is 13.2. The number of halogens is 4. The number of hydrogen-bond acceptors (Lipinski definition) is 1. The summed E-state index contributed by atoms with van der Waals surface area (Å²) in [4.78, 5) is 3.01. The molecule has 80 valence electrons. The Kier molecular flexibility index (Phi) is 5.09. The maximum atomic E-state index is 9.75. The fourth-order valence-electron chi connectivity index (χ4n) is 0.677. The first-order valence-corrected chi connectivity index (χ1v) is 3.81. The monoisotopic (exact) mass is 218 g/mol. The van der Waals surface area contributed by atoms with Gasteiger partial charge in [0.2, 0.25) is 5.39 Å². The molecular formula is C8H7BF4N2. The van der Waals surface area contributed by atoms with Gasteiger partial charge in [-0.2, -0.15) is 0 Å². The van der Waals surface area contributed by atoms with Crippen molar-refractivity contribution in [3.63, 3.8) is 0 Å². The number of diazo groups is 1. The lowest BCUT2D eigenvalue weighted by Gasteiger charge is -1.94. The lowest BCUT2D eigenvalue weighted by molar-refractivity contribution is 0.368. The SMILES string of the molecule is C=Cc1ccc([N+]#N)cc1.F[B-](F)(F)F. The van der Waals surface area contributed by atoms with Gasteiger partial charge in [0, 0.05) is 12.1 Å². The van der Waals surface area contributed by atoms with Crippen molar-refractivity contribution in [1.82, 2.24) is 0 Å². The third-order valence-electron chi connectivity index (χ3n) is 1.24. The summed E-state index contributed by atoms with van der Waals surface area (Å²) in [6.45, 7) is 3.59. The van der Waals surface area contributed by atoms with Crippen molar-refractivity contribution in [1.29, 1.82) is 5.39 Å². The van der Waals surface area contributed by atoms with Crippen molar-refractivity contribution in [2.45, 2.75) is 0 Å². The summed E-state index contributed by atoms with van der Waals surface area (Å²) in [6, 6.07) is 7.11. The van der Waals surface area contributed by atoms with Crippen molar-refractivity contribution in [2.75, 3.05) is 0 Å². The van der Waals surface area contributed by atoms with E-state index in [1.165, 1.54) is 0 Å². The Bertz CT molecular complexity index is 346. The van der Waals surface area contributed by atoms with Gasteiger partial charge in [0.1, 0.15) is 0 Å². The average Bonchev–Trinajstić information content (AvgIpc) is 2.15. The van der Waals surface area contributed by atoms with Crippen LogP contribution in [-0.2, 0) is 0 Å². The largest absolute Gasteiger partial charge is 0.673 e. The second-order valence-electron chi connectivity index (χ2n) is 2.39. The molecule has 0 saturated heterocycles. The van der Waals surface area contributed by atoms with Gasteiger partial charge in [0.05, 0.1) is 0 Å². The Labute approximate surface area is 84.0 Å². The molecule has 0 aromatic heterocycles. The van der Waals surface area contributed by atoms with Crippen LogP contribution >= 0.6 is 0 Å². The van der Waals surface area contributed by atoms with Crippen LogP contribution in [0.3, 0.4) is 0 Å². The zero-order valence-corrected chi connectivity index (χ0v) is 7.58. The van der Waals surface area contributed by atoms with Crippen molar-refractivity contribution < 1.29 is 17.3 Å². The molecule has 0 aliphatic carbocycles. The van der Waals surface area contributed by atoms with Crippen molar-refractivity contribution in [3.8, 4) is 0 Å². The van der Waals surface area contributed by atoms with Gasteiger partial charge in [-0.05, 0) is 17.7 Å². The number of rotatable bonds is 1. The quantitative estimate of drug-likeness (QED) is 0.395. The van der Waals surface area contributed by atoms with Crippen LogP contribution < -0.4 is 0 Å². The number of benzene rings is 1. The molecular weight excluding hydrogens is 211 g/mol. The van der Waals surface area contributed by atoms with Gasteiger partial charge < -0.3 is 17.3 Å². The second-order valence-corrected chi connectivity index (χ2v) is 2.39. The molecule has 2 nitrogen and oxygen atoms in total. The van der Waals surface area contributed by atoms with Crippen LogP contribution in [-0.4, -0.2) is 7.25 Å². The molecule has 0 saturated carbocycles. The van der Waals surface area contributed by atoms with E-state index < -0.39 is 7.25 Å². The highest BCUT2D eigenvalue weighted by atomic mass is 19.5. The first-order valence-electron chi connectivity index (χ1n) is 3.81. The fourth-order valence-corrected chi connectivity index (χ4v) is 0.677. The van der Waals surface area contributed by atoms with Crippen LogP contribution in [0.25, 0.3) is 11.1 Å². The third kappa shape index (κ3) is 8.49. The maximum Gasteiger partial charge on any atom is 0.673 e. The number of nitrogens with zero attached hydrogens (tertiary/aromatic N) is 2. The van der Waals surface area contributed by atoms with Crippen LogP contribution in [0, 0.1) is 5.39 Å². The topological polar surface area (TPSA) is 28.1 Å². The summed E-state index contributed by atoms with van der Waals surface area (Å²) >= 11 is 0. The molecule has 0 spiro atoms. The molecule has 1 aromatic carbocycles. The van der Waals surface area contributed by atoms with Crippen molar-refractivity contribution in [3.05, 3.63) is 41.4 Å². The van der Waals surface area contributed by atoms with Crippen LogP contribution in [0.1, 0.15) is 5.56 Å². The van der Waals surface area contributed by atoms with Crippen LogP contribution in [0.15, 0.2) is 30.8 Å². The minimum absolute atomic E-state index is 0.561. The highest BCUT2D eigenvalue weighted by Crippen LogP contribution is 2.12. The summed E-state index contributed by atoms with van der Waals surface area (Å²) in [5, 5.41) is 8.30. The van der Waals surface area contributed by atoms with Crippen LogP contribution in [0.5, 0.6) is 0 Å². The number of hydrogen-bond donors (Lipinski definition) is 0. The molecule has 1 rings (SSSR count). The molecule has 0 radical (unpaired) electrons. The zero-order valence-electron chi connectivity index (χ0n) is 7.58. The molecule has 0 amide bonds. The molecule has 0 heterocycles. The summed E-state index contributed by atoms with van der Waals surface area (Å²) < 4.78 is 39.0. The van der Waals surface area contributed by atoms with E-state index in [0.29, 0.717) is 5.69 Å². The lowest BCUT2D eigenvalue weighted by atomic mass is 10.2. The van der Waals surface area contributed by atoms with E-state index in [9.17, 15) is 17.3 Å². The molecule has 7 heteroatoms. The Hall–Kier alpha value is -1.84. The first-order chi connectivity index (χ1) is 6.86. The third-order valence-corrected chi connectivity index (χ3v) is 1.24.